The summed E-state index contributed by atoms with van der Waals surface area (Å²) in [5.41, 5.74) is 1.46. The summed E-state index contributed by atoms with van der Waals surface area (Å²) in [5.74, 6) is 1.18. The van der Waals surface area contributed by atoms with Crippen LogP contribution in [0.4, 0.5) is 0 Å². The topological polar surface area (TPSA) is 35.5 Å². The molecular formula is C11H13BrO3. The van der Waals surface area contributed by atoms with Crippen LogP contribution in [0, 0.1) is 6.92 Å². The Balaban J connectivity index is 3.51. The highest BCUT2D eigenvalue weighted by Gasteiger charge is 2.17. The van der Waals surface area contributed by atoms with Gasteiger partial charge in [0.25, 0.3) is 0 Å². The average molecular weight is 273 g/mol. The fourth-order valence-corrected chi connectivity index (χ4v) is 2.30. The first-order chi connectivity index (χ1) is 7.02. The highest BCUT2D eigenvalue weighted by molar-refractivity contribution is 9.10. The van der Waals surface area contributed by atoms with Gasteiger partial charge in [-0.25, -0.2) is 0 Å². The summed E-state index contributed by atoms with van der Waals surface area (Å²) in [7, 11) is 3.11. The number of halogens is 1. The Morgan fingerprint density at radius 3 is 2.20 bits per heavy atom. The van der Waals surface area contributed by atoms with Crippen LogP contribution in [0.1, 0.15) is 22.8 Å². The van der Waals surface area contributed by atoms with Gasteiger partial charge in [0.2, 0.25) is 0 Å². The van der Waals surface area contributed by atoms with Crippen molar-refractivity contribution in [2.45, 2.75) is 13.8 Å². The lowest BCUT2D eigenvalue weighted by atomic mass is 10.1. The van der Waals surface area contributed by atoms with Crippen molar-refractivity contribution >= 4 is 21.7 Å². The standard InChI is InChI=1S/C11H13BrO3/c1-6-5-8(7(2)13)11(15-4)9(12)10(6)14-3/h5H,1-4H3. The summed E-state index contributed by atoms with van der Waals surface area (Å²) >= 11 is 3.37. The van der Waals surface area contributed by atoms with Crippen molar-refractivity contribution in [3.63, 3.8) is 0 Å². The zero-order chi connectivity index (χ0) is 11.6. The zero-order valence-corrected chi connectivity index (χ0v) is 10.8. The Labute approximate surface area is 97.5 Å². The molecule has 0 N–H and O–H groups in total. The summed E-state index contributed by atoms with van der Waals surface area (Å²) in [4.78, 5) is 11.4. The van der Waals surface area contributed by atoms with Crippen LogP contribution in [0.2, 0.25) is 0 Å². The van der Waals surface area contributed by atoms with E-state index in [0.717, 1.165) is 5.56 Å². The molecule has 1 aromatic rings. The van der Waals surface area contributed by atoms with Crippen LogP contribution in [0.15, 0.2) is 10.5 Å². The van der Waals surface area contributed by atoms with Gasteiger partial charge in [-0.3, -0.25) is 4.79 Å². The number of hydrogen-bond donors (Lipinski definition) is 0. The first kappa shape index (κ1) is 12.0. The number of ether oxygens (including phenoxy) is 2. The molecule has 0 heterocycles. The number of Topliss-reactive ketones (excluding diaryl/α,β-unsaturated/α-hetero) is 1. The van der Waals surface area contributed by atoms with Crippen molar-refractivity contribution in [2.75, 3.05) is 14.2 Å². The molecule has 15 heavy (non-hydrogen) atoms. The molecule has 0 atom stereocenters. The van der Waals surface area contributed by atoms with Gasteiger partial charge in [-0.15, -0.1) is 0 Å². The van der Waals surface area contributed by atoms with Crippen molar-refractivity contribution in [1.82, 2.24) is 0 Å². The highest BCUT2D eigenvalue weighted by Crippen LogP contribution is 2.39. The predicted molar refractivity (Wildman–Crippen MR) is 62.0 cm³/mol. The Bertz CT molecular complexity index is 399. The third-order valence-corrected chi connectivity index (χ3v) is 2.87. The van der Waals surface area contributed by atoms with Crippen molar-refractivity contribution in [3.05, 3.63) is 21.7 Å². The quantitative estimate of drug-likeness (QED) is 0.794. The number of aryl methyl sites for hydroxylation is 1. The summed E-state index contributed by atoms with van der Waals surface area (Å²) in [6.07, 6.45) is 0. The largest absolute Gasteiger partial charge is 0.495 e. The zero-order valence-electron chi connectivity index (χ0n) is 9.18. The van der Waals surface area contributed by atoms with Gasteiger partial charge in [-0.1, -0.05) is 0 Å². The Hall–Kier alpha value is -1.03. The molecule has 0 radical (unpaired) electrons. The molecule has 0 aliphatic rings. The van der Waals surface area contributed by atoms with Crippen LogP contribution in [0.25, 0.3) is 0 Å². The minimum Gasteiger partial charge on any atom is -0.495 e. The smallest absolute Gasteiger partial charge is 0.163 e. The maximum Gasteiger partial charge on any atom is 0.163 e. The normalized spacial score (nSPS) is 9.93. The van der Waals surface area contributed by atoms with Gasteiger partial charge in [0.05, 0.1) is 19.8 Å². The van der Waals surface area contributed by atoms with Crippen LogP contribution < -0.4 is 9.47 Å². The molecule has 0 aliphatic heterocycles. The molecule has 0 bridgehead atoms. The molecule has 1 aromatic carbocycles. The molecule has 4 heteroatoms. The number of carbonyl (C=O) groups excluding carboxylic acids is 1. The number of hydrogen-bond acceptors (Lipinski definition) is 3. The molecule has 0 unspecified atom stereocenters. The van der Waals surface area contributed by atoms with Gasteiger partial charge in [0, 0.05) is 0 Å². The predicted octanol–water partition coefficient (Wildman–Crippen LogP) is 2.98. The lowest BCUT2D eigenvalue weighted by Crippen LogP contribution is -2.01. The second-order valence-corrected chi connectivity index (χ2v) is 3.97. The van der Waals surface area contributed by atoms with E-state index in [4.69, 9.17) is 9.47 Å². The van der Waals surface area contributed by atoms with E-state index < -0.39 is 0 Å². The lowest BCUT2D eigenvalue weighted by molar-refractivity contribution is 0.101. The van der Waals surface area contributed by atoms with Gasteiger partial charge < -0.3 is 9.47 Å². The van der Waals surface area contributed by atoms with Crippen LogP contribution in [-0.4, -0.2) is 20.0 Å². The minimum atomic E-state index is -0.0293. The average Bonchev–Trinajstić information content (AvgIpc) is 2.17. The number of benzene rings is 1. The number of rotatable bonds is 3. The molecule has 82 valence electrons. The van der Waals surface area contributed by atoms with E-state index >= 15 is 0 Å². The molecule has 1 rings (SSSR count). The van der Waals surface area contributed by atoms with Gasteiger partial charge in [-0.05, 0) is 41.4 Å². The number of methoxy groups -OCH3 is 2. The van der Waals surface area contributed by atoms with Crippen LogP contribution in [0.5, 0.6) is 11.5 Å². The third-order valence-electron chi connectivity index (χ3n) is 2.15. The second kappa shape index (κ2) is 4.66. The van der Waals surface area contributed by atoms with Gasteiger partial charge >= 0.3 is 0 Å². The molecule has 0 amide bonds. The van der Waals surface area contributed by atoms with Crippen LogP contribution in [-0.2, 0) is 0 Å². The summed E-state index contributed by atoms with van der Waals surface area (Å²) in [5, 5.41) is 0. The first-order valence-electron chi connectivity index (χ1n) is 4.45. The fourth-order valence-electron chi connectivity index (χ4n) is 1.45. The summed E-state index contributed by atoms with van der Waals surface area (Å²) in [6.45, 7) is 3.39. The first-order valence-corrected chi connectivity index (χ1v) is 5.24. The molecule has 0 spiro atoms. The van der Waals surface area contributed by atoms with E-state index in [-0.39, 0.29) is 5.78 Å². The molecule has 0 fully saturated rings. The van der Waals surface area contributed by atoms with Crippen LogP contribution in [0.3, 0.4) is 0 Å². The van der Waals surface area contributed by atoms with Gasteiger partial charge in [-0.2, -0.15) is 0 Å². The molecular weight excluding hydrogens is 260 g/mol. The highest BCUT2D eigenvalue weighted by atomic mass is 79.9. The Kier molecular flexibility index (Phi) is 3.74. The number of carbonyl (C=O) groups is 1. The maximum absolute atomic E-state index is 11.4. The van der Waals surface area contributed by atoms with Crippen molar-refractivity contribution in [3.8, 4) is 11.5 Å². The third kappa shape index (κ3) is 2.15. The van der Waals surface area contributed by atoms with E-state index in [0.29, 0.717) is 21.5 Å². The number of ketones is 1. The molecule has 3 nitrogen and oxygen atoms in total. The van der Waals surface area contributed by atoms with E-state index in [1.807, 2.05) is 6.92 Å². The van der Waals surface area contributed by atoms with Gasteiger partial charge in [0.15, 0.2) is 5.78 Å². The monoisotopic (exact) mass is 272 g/mol. The van der Waals surface area contributed by atoms with E-state index in [2.05, 4.69) is 15.9 Å². The summed E-state index contributed by atoms with van der Waals surface area (Å²) < 4.78 is 11.1. The van der Waals surface area contributed by atoms with Crippen molar-refractivity contribution < 1.29 is 14.3 Å². The lowest BCUT2D eigenvalue weighted by Gasteiger charge is -2.14. The molecule has 0 saturated carbocycles. The second-order valence-electron chi connectivity index (χ2n) is 3.18. The van der Waals surface area contributed by atoms with E-state index in [9.17, 15) is 4.79 Å². The van der Waals surface area contributed by atoms with Crippen molar-refractivity contribution in [1.29, 1.82) is 0 Å². The maximum atomic E-state index is 11.4. The van der Waals surface area contributed by atoms with E-state index in [1.54, 1.807) is 13.2 Å². The van der Waals surface area contributed by atoms with Gasteiger partial charge in [0.1, 0.15) is 16.0 Å². The Morgan fingerprint density at radius 1 is 1.27 bits per heavy atom. The Morgan fingerprint density at radius 2 is 1.80 bits per heavy atom. The minimum absolute atomic E-state index is 0.0293. The summed E-state index contributed by atoms with van der Waals surface area (Å²) in [6, 6.07) is 1.77. The molecule has 0 saturated heterocycles. The molecule has 0 aliphatic carbocycles. The van der Waals surface area contributed by atoms with Crippen LogP contribution >= 0.6 is 15.9 Å². The van der Waals surface area contributed by atoms with Crippen molar-refractivity contribution in [2.24, 2.45) is 0 Å². The fraction of sp³-hybridized carbons (Fsp3) is 0.364. The SMILES string of the molecule is COc1c(C)cc(C(C)=O)c(OC)c1Br. The van der Waals surface area contributed by atoms with E-state index in [1.165, 1.54) is 14.0 Å². The molecule has 0 aromatic heterocycles.